The molecule has 28 heavy (non-hydrogen) atoms. The molecule has 0 radical (unpaired) electrons. The lowest BCUT2D eigenvalue weighted by Crippen LogP contribution is -2.15. The quantitative estimate of drug-likeness (QED) is 0.509. The molecular formula is C20H21Cl2NO5. The number of ketones is 1. The minimum absolute atomic E-state index is 0.0234. The van der Waals surface area contributed by atoms with E-state index in [4.69, 9.17) is 32.7 Å². The first-order chi connectivity index (χ1) is 13.2. The number of nitrogens with zero attached hydrogens (tertiary/aromatic N) is 1. The fraction of sp³-hybridized carbons (Fsp3) is 0.300. The number of phenols is 1. The lowest BCUT2D eigenvalue weighted by molar-refractivity contribution is -0.145. The third-order valence-electron chi connectivity index (χ3n) is 3.77. The smallest absolute Gasteiger partial charge is 0.344 e. The van der Waals surface area contributed by atoms with Crippen molar-refractivity contribution in [3.63, 3.8) is 0 Å². The molecule has 6 nitrogen and oxygen atoms in total. The second kappa shape index (κ2) is 9.78. The Morgan fingerprint density at radius 3 is 2.46 bits per heavy atom. The van der Waals surface area contributed by atoms with Gasteiger partial charge in [-0.25, -0.2) is 4.79 Å². The Balaban J connectivity index is 2.27. The third-order valence-corrected chi connectivity index (χ3v) is 4.64. The summed E-state index contributed by atoms with van der Waals surface area (Å²) in [5.41, 5.74) is 1.18. The molecule has 0 aliphatic heterocycles. The highest BCUT2D eigenvalue weighted by Crippen LogP contribution is 2.36. The van der Waals surface area contributed by atoms with Crippen molar-refractivity contribution in [1.82, 2.24) is 4.90 Å². The molecule has 0 saturated heterocycles. The van der Waals surface area contributed by atoms with E-state index in [9.17, 15) is 14.7 Å². The third kappa shape index (κ3) is 5.38. The van der Waals surface area contributed by atoms with Crippen molar-refractivity contribution in [2.45, 2.75) is 13.5 Å². The van der Waals surface area contributed by atoms with Crippen LogP contribution in [0.3, 0.4) is 0 Å². The second-order valence-corrected chi connectivity index (χ2v) is 7.00. The van der Waals surface area contributed by atoms with Gasteiger partial charge in [0.2, 0.25) is 0 Å². The van der Waals surface area contributed by atoms with Gasteiger partial charge in [0.25, 0.3) is 0 Å². The van der Waals surface area contributed by atoms with Crippen LogP contribution in [0, 0.1) is 0 Å². The zero-order chi connectivity index (χ0) is 20.8. The van der Waals surface area contributed by atoms with Gasteiger partial charge in [0.1, 0.15) is 16.5 Å². The maximum absolute atomic E-state index is 12.9. The first-order valence-corrected chi connectivity index (χ1v) is 9.27. The molecule has 1 N–H and O–H groups in total. The van der Waals surface area contributed by atoms with Crippen LogP contribution in [0.4, 0.5) is 0 Å². The van der Waals surface area contributed by atoms with Gasteiger partial charge in [0.15, 0.2) is 12.4 Å². The topological polar surface area (TPSA) is 76.1 Å². The molecule has 0 unspecified atom stereocenters. The number of ether oxygens (including phenoxy) is 2. The standard InChI is InChI=1S/C20H21Cl2NO5/c1-4-27-17(25)11-28-16-8-6-14(18(21)19(16)22)20(26)12-5-7-15(24)13(9-12)10-23(2)3/h5-9,24H,4,10-11H2,1-3H3. The highest BCUT2D eigenvalue weighted by atomic mass is 35.5. The van der Waals surface area contributed by atoms with Crippen molar-refractivity contribution in [1.29, 1.82) is 0 Å². The summed E-state index contributed by atoms with van der Waals surface area (Å²) in [6.07, 6.45) is 0. The van der Waals surface area contributed by atoms with Crippen molar-refractivity contribution < 1.29 is 24.2 Å². The molecule has 0 heterocycles. The van der Waals surface area contributed by atoms with E-state index in [0.717, 1.165) is 0 Å². The van der Waals surface area contributed by atoms with Gasteiger partial charge in [-0.15, -0.1) is 0 Å². The largest absolute Gasteiger partial charge is 0.508 e. The fourth-order valence-electron chi connectivity index (χ4n) is 2.51. The Bertz CT molecular complexity index is 883. The molecule has 2 aromatic rings. The number of halogens is 2. The molecule has 0 fully saturated rings. The van der Waals surface area contributed by atoms with Gasteiger partial charge in [0.05, 0.1) is 11.6 Å². The van der Waals surface area contributed by atoms with E-state index in [-0.39, 0.29) is 46.1 Å². The molecule has 8 heteroatoms. The van der Waals surface area contributed by atoms with Gasteiger partial charge < -0.3 is 19.5 Å². The summed E-state index contributed by atoms with van der Waals surface area (Å²) in [5.74, 6) is -0.594. The van der Waals surface area contributed by atoms with Crippen LogP contribution >= 0.6 is 23.2 Å². The molecule has 0 aliphatic carbocycles. The van der Waals surface area contributed by atoms with E-state index in [1.807, 2.05) is 19.0 Å². The summed E-state index contributed by atoms with van der Waals surface area (Å²) in [7, 11) is 3.72. The number of benzene rings is 2. The number of carbonyl (C=O) groups is 2. The minimum Gasteiger partial charge on any atom is -0.508 e. The van der Waals surface area contributed by atoms with Crippen LogP contribution in [0.25, 0.3) is 0 Å². The Morgan fingerprint density at radius 2 is 1.82 bits per heavy atom. The van der Waals surface area contributed by atoms with Crippen LogP contribution in [0.2, 0.25) is 10.0 Å². The Kier molecular flexibility index (Phi) is 7.69. The van der Waals surface area contributed by atoms with Crippen LogP contribution in [0.5, 0.6) is 11.5 Å². The zero-order valence-electron chi connectivity index (χ0n) is 15.8. The fourth-order valence-corrected chi connectivity index (χ4v) is 2.97. The molecule has 0 atom stereocenters. The molecule has 150 valence electrons. The van der Waals surface area contributed by atoms with Crippen molar-refractivity contribution in [3.8, 4) is 11.5 Å². The molecule has 2 rings (SSSR count). The second-order valence-electron chi connectivity index (χ2n) is 6.24. The molecule has 0 aliphatic rings. The summed E-state index contributed by atoms with van der Waals surface area (Å²) >= 11 is 12.5. The van der Waals surface area contributed by atoms with Crippen LogP contribution in [-0.4, -0.2) is 49.1 Å². The van der Waals surface area contributed by atoms with E-state index in [2.05, 4.69) is 0 Å². The average molecular weight is 426 g/mol. The first-order valence-electron chi connectivity index (χ1n) is 8.52. The van der Waals surface area contributed by atoms with E-state index >= 15 is 0 Å². The zero-order valence-corrected chi connectivity index (χ0v) is 17.3. The van der Waals surface area contributed by atoms with Gasteiger partial charge in [-0.2, -0.15) is 0 Å². The lowest BCUT2D eigenvalue weighted by Gasteiger charge is -2.14. The summed E-state index contributed by atoms with van der Waals surface area (Å²) in [5, 5.41) is 10.0. The van der Waals surface area contributed by atoms with E-state index < -0.39 is 5.97 Å². The number of carbonyl (C=O) groups excluding carboxylic acids is 2. The Labute approximate surface area is 173 Å². The normalized spacial score (nSPS) is 10.8. The van der Waals surface area contributed by atoms with Gasteiger partial charge in [0, 0.05) is 23.2 Å². The maximum atomic E-state index is 12.9. The monoisotopic (exact) mass is 425 g/mol. The van der Waals surface area contributed by atoms with Crippen LogP contribution in [-0.2, 0) is 16.1 Å². The summed E-state index contributed by atoms with van der Waals surface area (Å²) in [6, 6.07) is 7.56. The lowest BCUT2D eigenvalue weighted by atomic mass is 10.0. The number of hydrogen-bond acceptors (Lipinski definition) is 6. The van der Waals surface area contributed by atoms with Crippen LogP contribution in [0.15, 0.2) is 30.3 Å². The van der Waals surface area contributed by atoms with Crippen molar-refractivity contribution in [2.75, 3.05) is 27.3 Å². The van der Waals surface area contributed by atoms with Crippen LogP contribution in [0.1, 0.15) is 28.4 Å². The van der Waals surface area contributed by atoms with E-state index in [1.165, 1.54) is 24.3 Å². The molecule has 0 spiro atoms. The highest BCUT2D eigenvalue weighted by Gasteiger charge is 2.19. The number of phenolic OH excluding ortho intramolecular Hbond substituents is 1. The number of aromatic hydroxyl groups is 1. The van der Waals surface area contributed by atoms with Crippen molar-refractivity contribution in [3.05, 3.63) is 57.1 Å². The maximum Gasteiger partial charge on any atom is 0.344 e. The Morgan fingerprint density at radius 1 is 1.11 bits per heavy atom. The molecule has 2 aromatic carbocycles. The minimum atomic E-state index is -0.535. The number of hydrogen-bond donors (Lipinski definition) is 1. The van der Waals surface area contributed by atoms with Crippen LogP contribution < -0.4 is 4.74 Å². The van der Waals surface area contributed by atoms with Gasteiger partial charge in [-0.3, -0.25) is 4.79 Å². The summed E-state index contributed by atoms with van der Waals surface area (Å²) in [6.45, 7) is 2.09. The van der Waals surface area contributed by atoms with Gasteiger partial charge in [-0.1, -0.05) is 23.2 Å². The molecule has 0 bridgehead atoms. The predicted molar refractivity (Wildman–Crippen MR) is 108 cm³/mol. The molecule has 0 amide bonds. The predicted octanol–water partition coefficient (Wildman–Crippen LogP) is 3.93. The van der Waals surface area contributed by atoms with Crippen molar-refractivity contribution in [2.24, 2.45) is 0 Å². The van der Waals surface area contributed by atoms with Gasteiger partial charge >= 0.3 is 5.97 Å². The number of esters is 1. The first kappa shape index (κ1) is 22.0. The van der Waals surface area contributed by atoms with Crippen molar-refractivity contribution >= 4 is 35.0 Å². The van der Waals surface area contributed by atoms with Gasteiger partial charge in [-0.05, 0) is 51.4 Å². The van der Waals surface area contributed by atoms with E-state index in [1.54, 1.807) is 13.0 Å². The molecule has 0 aromatic heterocycles. The molecule has 0 saturated carbocycles. The van der Waals surface area contributed by atoms with E-state index in [0.29, 0.717) is 17.7 Å². The number of rotatable bonds is 8. The summed E-state index contributed by atoms with van der Waals surface area (Å²) in [4.78, 5) is 26.2. The SMILES string of the molecule is CCOC(=O)COc1ccc(C(=O)c2ccc(O)c(CN(C)C)c2)c(Cl)c1Cl. The summed E-state index contributed by atoms with van der Waals surface area (Å²) < 4.78 is 10.1. The highest BCUT2D eigenvalue weighted by molar-refractivity contribution is 6.45. The molecular weight excluding hydrogens is 405 g/mol. The average Bonchev–Trinajstić information content (AvgIpc) is 2.64. The Hall–Kier alpha value is -2.28.